The van der Waals surface area contributed by atoms with Gasteiger partial charge in [0, 0.05) is 6.42 Å². The lowest BCUT2D eigenvalue weighted by Crippen LogP contribution is -2.35. The zero-order valence-corrected chi connectivity index (χ0v) is 10.6. The Hall–Kier alpha value is -0.170. The number of rotatable bonds is 2. The van der Waals surface area contributed by atoms with E-state index in [9.17, 15) is 8.42 Å². The largest absolute Gasteiger partial charge is 0.345 e. The third-order valence-electron chi connectivity index (χ3n) is 2.86. The molecule has 0 unspecified atom stereocenters. The molecule has 1 aliphatic carbocycles. The summed E-state index contributed by atoms with van der Waals surface area (Å²) in [6.07, 6.45) is 2.91. The summed E-state index contributed by atoms with van der Waals surface area (Å²) in [5.74, 6) is -0.560. The van der Waals surface area contributed by atoms with Crippen molar-refractivity contribution < 1.29 is 22.1 Å². The highest BCUT2D eigenvalue weighted by Gasteiger charge is 2.45. The summed E-state index contributed by atoms with van der Waals surface area (Å²) in [5.41, 5.74) is 0. The number of hydrogen-bond donors (Lipinski definition) is 0. The van der Waals surface area contributed by atoms with E-state index in [2.05, 4.69) is 0 Å². The SMILES string of the molecule is CC1(C)O[C@H]2CC[C@H](OS(C)(=O)=O)C[C@H]2O1. The van der Waals surface area contributed by atoms with Crippen LogP contribution in [0.15, 0.2) is 0 Å². The second-order valence-electron chi connectivity index (χ2n) is 4.95. The normalized spacial score (nSPS) is 38.3. The molecule has 94 valence electrons. The molecule has 2 fully saturated rings. The van der Waals surface area contributed by atoms with E-state index in [4.69, 9.17) is 13.7 Å². The second kappa shape index (κ2) is 3.94. The molecule has 0 aromatic carbocycles. The van der Waals surface area contributed by atoms with Crippen LogP contribution in [0.1, 0.15) is 33.1 Å². The van der Waals surface area contributed by atoms with Crippen LogP contribution in [-0.4, -0.2) is 38.8 Å². The monoisotopic (exact) mass is 250 g/mol. The van der Waals surface area contributed by atoms with Crippen molar-refractivity contribution in [1.82, 2.24) is 0 Å². The number of fused-ring (bicyclic) bond motifs is 1. The van der Waals surface area contributed by atoms with Crippen LogP contribution in [0.25, 0.3) is 0 Å². The van der Waals surface area contributed by atoms with Crippen molar-refractivity contribution in [2.75, 3.05) is 6.26 Å². The summed E-state index contributed by atoms with van der Waals surface area (Å²) in [6.45, 7) is 3.75. The maximum Gasteiger partial charge on any atom is 0.264 e. The van der Waals surface area contributed by atoms with Gasteiger partial charge in [-0.15, -0.1) is 0 Å². The van der Waals surface area contributed by atoms with Crippen molar-refractivity contribution in [3.05, 3.63) is 0 Å². The highest BCUT2D eigenvalue weighted by atomic mass is 32.2. The predicted octanol–water partition coefficient (Wildman–Crippen LogP) is 1.04. The van der Waals surface area contributed by atoms with E-state index in [1.54, 1.807) is 0 Å². The van der Waals surface area contributed by atoms with Crippen molar-refractivity contribution in [2.45, 2.75) is 57.2 Å². The Kier molecular flexibility index (Phi) is 3.03. The summed E-state index contributed by atoms with van der Waals surface area (Å²) in [5, 5.41) is 0. The minimum Gasteiger partial charge on any atom is -0.345 e. The quantitative estimate of drug-likeness (QED) is 0.685. The van der Waals surface area contributed by atoms with Gasteiger partial charge in [-0.3, -0.25) is 4.18 Å². The summed E-state index contributed by atoms with van der Waals surface area (Å²) in [6, 6.07) is 0. The van der Waals surface area contributed by atoms with Gasteiger partial charge in [0.05, 0.1) is 24.6 Å². The molecule has 0 spiro atoms. The van der Waals surface area contributed by atoms with Crippen LogP contribution in [0, 0.1) is 0 Å². The van der Waals surface area contributed by atoms with Crippen molar-refractivity contribution in [1.29, 1.82) is 0 Å². The van der Waals surface area contributed by atoms with Crippen LogP contribution in [0.3, 0.4) is 0 Å². The molecule has 0 N–H and O–H groups in total. The minimum atomic E-state index is -3.38. The third kappa shape index (κ3) is 2.94. The Morgan fingerprint density at radius 2 is 1.81 bits per heavy atom. The van der Waals surface area contributed by atoms with Crippen molar-refractivity contribution in [3.63, 3.8) is 0 Å². The maximum absolute atomic E-state index is 11.0. The highest BCUT2D eigenvalue weighted by Crippen LogP contribution is 2.37. The van der Waals surface area contributed by atoms with Crippen LogP contribution in [0.4, 0.5) is 0 Å². The topological polar surface area (TPSA) is 61.8 Å². The Morgan fingerprint density at radius 1 is 1.19 bits per heavy atom. The van der Waals surface area contributed by atoms with Crippen LogP contribution in [0.2, 0.25) is 0 Å². The molecule has 0 aromatic rings. The Bertz CT molecular complexity index is 361. The summed E-state index contributed by atoms with van der Waals surface area (Å²) in [7, 11) is -3.38. The molecule has 1 aliphatic heterocycles. The van der Waals surface area contributed by atoms with Gasteiger partial charge in [0.2, 0.25) is 0 Å². The van der Waals surface area contributed by atoms with Gasteiger partial charge in [-0.05, 0) is 26.7 Å². The number of hydrogen-bond acceptors (Lipinski definition) is 5. The van der Waals surface area contributed by atoms with E-state index in [1.165, 1.54) is 0 Å². The van der Waals surface area contributed by atoms with Gasteiger partial charge in [-0.1, -0.05) is 0 Å². The molecule has 5 nitrogen and oxygen atoms in total. The van der Waals surface area contributed by atoms with Crippen LogP contribution in [0.5, 0.6) is 0 Å². The first-order valence-electron chi connectivity index (χ1n) is 5.49. The molecule has 3 atom stereocenters. The predicted molar refractivity (Wildman–Crippen MR) is 57.4 cm³/mol. The van der Waals surface area contributed by atoms with Crippen LogP contribution < -0.4 is 0 Å². The highest BCUT2D eigenvalue weighted by molar-refractivity contribution is 7.86. The average Bonchev–Trinajstić information content (AvgIpc) is 2.34. The molecule has 16 heavy (non-hydrogen) atoms. The smallest absolute Gasteiger partial charge is 0.264 e. The minimum absolute atomic E-state index is 0.0458. The Labute approximate surface area is 96.2 Å². The second-order valence-corrected chi connectivity index (χ2v) is 6.55. The fourth-order valence-electron chi connectivity index (χ4n) is 2.42. The van der Waals surface area contributed by atoms with Gasteiger partial charge in [0.15, 0.2) is 5.79 Å². The van der Waals surface area contributed by atoms with Gasteiger partial charge in [-0.2, -0.15) is 8.42 Å². The molecule has 2 rings (SSSR count). The van der Waals surface area contributed by atoms with E-state index in [0.29, 0.717) is 12.8 Å². The van der Waals surface area contributed by atoms with E-state index in [1.807, 2.05) is 13.8 Å². The van der Waals surface area contributed by atoms with Crippen molar-refractivity contribution in [3.8, 4) is 0 Å². The van der Waals surface area contributed by atoms with E-state index < -0.39 is 15.9 Å². The molecule has 0 radical (unpaired) electrons. The van der Waals surface area contributed by atoms with E-state index in [-0.39, 0.29) is 18.3 Å². The molecule has 1 heterocycles. The Morgan fingerprint density at radius 3 is 2.44 bits per heavy atom. The van der Waals surface area contributed by atoms with Gasteiger partial charge in [-0.25, -0.2) is 0 Å². The Balaban J connectivity index is 1.96. The average molecular weight is 250 g/mol. The van der Waals surface area contributed by atoms with Crippen LogP contribution >= 0.6 is 0 Å². The maximum atomic E-state index is 11.0. The first-order chi connectivity index (χ1) is 7.25. The third-order valence-corrected chi connectivity index (χ3v) is 3.49. The van der Waals surface area contributed by atoms with Gasteiger partial charge in [0.1, 0.15) is 0 Å². The zero-order valence-electron chi connectivity index (χ0n) is 9.80. The van der Waals surface area contributed by atoms with Gasteiger partial charge in [0.25, 0.3) is 10.1 Å². The summed E-state index contributed by atoms with van der Waals surface area (Å²) < 4.78 is 38.4. The first-order valence-corrected chi connectivity index (χ1v) is 7.31. The molecular weight excluding hydrogens is 232 g/mol. The lowest BCUT2D eigenvalue weighted by molar-refractivity contribution is -0.145. The first kappa shape index (κ1) is 12.3. The molecule has 1 saturated carbocycles. The fourth-order valence-corrected chi connectivity index (χ4v) is 3.08. The standard InChI is InChI=1S/C10H18O5S/c1-10(2)13-8-5-4-7(6-9(8)14-10)15-16(3,11)12/h7-9H,4-6H2,1-3H3/t7-,8-,9+/m0/s1. The van der Waals surface area contributed by atoms with E-state index >= 15 is 0 Å². The summed E-state index contributed by atoms with van der Waals surface area (Å²) >= 11 is 0. The molecular formula is C10H18O5S. The fraction of sp³-hybridized carbons (Fsp3) is 1.00. The van der Waals surface area contributed by atoms with Crippen molar-refractivity contribution >= 4 is 10.1 Å². The van der Waals surface area contributed by atoms with Crippen molar-refractivity contribution in [2.24, 2.45) is 0 Å². The molecule has 0 amide bonds. The molecule has 2 aliphatic rings. The molecule has 0 bridgehead atoms. The summed E-state index contributed by atoms with van der Waals surface area (Å²) in [4.78, 5) is 0. The lowest BCUT2D eigenvalue weighted by atomic mass is 9.93. The lowest BCUT2D eigenvalue weighted by Gasteiger charge is -2.28. The number of ether oxygens (including phenoxy) is 2. The van der Waals surface area contributed by atoms with Crippen LogP contribution in [-0.2, 0) is 23.8 Å². The van der Waals surface area contributed by atoms with Gasteiger partial charge >= 0.3 is 0 Å². The van der Waals surface area contributed by atoms with Gasteiger partial charge < -0.3 is 9.47 Å². The zero-order chi connectivity index (χ0) is 12.0. The van der Waals surface area contributed by atoms with E-state index in [0.717, 1.165) is 12.7 Å². The molecule has 1 saturated heterocycles. The molecule has 0 aromatic heterocycles. The molecule has 6 heteroatoms.